The maximum atomic E-state index is 5.74. The summed E-state index contributed by atoms with van der Waals surface area (Å²) >= 11 is 0. The molecule has 5 heteroatoms. The molecule has 2 aromatic rings. The van der Waals surface area contributed by atoms with Gasteiger partial charge in [-0.05, 0) is 25.0 Å². The average molecular weight is 231 g/mol. The van der Waals surface area contributed by atoms with Crippen molar-refractivity contribution in [3.63, 3.8) is 0 Å². The molecule has 0 amide bonds. The molecule has 3 N–H and O–H groups in total. The van der Waals surface area contributed by atoms with E-state index in [0.717, 1.165) is 37.3 Å². The zero-order valence-corrected chi connectivity index (χ0v) is 9.71. The molecule has 17 heavy (non-hydrogen) atoms. The number of nitrogens with two attached hydrogens (primary N) is 1. The van der Waals surface area contributed by atoms with Crippen molar-refractivity contribution in [3.05, 3.63) is 30.2 Å². The van der Waals surface area contributed by atoms with Gasteiger partial charge in [-0.1, -0.05) is 6.07 Å². The van der Waals surface area contributed by atoms with Crippen molar-refractivity contribution < 1.29 is 0 Å². The summed E-state index contributed by atoms with van der Waals surface area (Å²) in [6.45, 7) is 0.938. The lowest BCUT2D eigenvalue weighted by Gasteiger charge is -2.33. The highest BCUT2D eigenvalue weighted by atomic mass is 15.2. The van der Waals surface area contributed by atoms with E-state index in [1.165, 1.54) is 0 Å². The lowest BCUT2D eigenvalue weighted by molar-refractivity contribution is 0.293. The highest BCUT2D eigenvalue weighted by Gasteiger charge is 2.24. The van der Waals surface area contributed by atoms with E-state index in [-0.39, 0.29) is 0 Å². The van der Waals surface area contributed by atoms with Gasteiger partial charge in [-0.15, -0.1) is 10.2 Å². The fourth-order valence-electron chi connectivity index (χ4n) is 2.28. The average Bonchev–Trinajstić information content (AvgIpc) is 2.70. The molecule has 2 heterocycles. The first-order valence-corrected chi connectivity index (χ1v) is 6.10. The molecule has 90 valence electrons. The van der Waals surface area contributed by atoms with Crippen LogP contribution in [0.25, 0.3) is 5.65 Å². The summed E-state index contributed by atoms with van der Waals surface area (Å²) in [5, 5.41) is 11.8. The molecule has 0 aromatic carbocycles. The van der Waals surface area contributed by atoms with E-state index < -0.39 is 0 Å². The molecule has 0 spiro atoms. The van der Waals surface area contributed by atoms with Gasteiger partial charge in [-0.2, -0.15) is 0 Å². The topological polar surface area (TPSA) is 68.2 Å². The molecule has 0 aliphatic heterocycles. The third-order valence-corrected chi connectivity index (χ3v) is 3.34. The predicted molar refractivity (Wildman–Crippen MR) is 65.7 cm³/mol. The van der Waals surface area contributed by atoms with Gasteiger partial charge in [-0.25, -0.2) is 0 Å². The zero-order valence-electron chi connectivity index (χ0n) is 9.71. The first-order chi connectivity index (χ1) is 8.33. The van der Waals surface area contributed by atoms with Crippen LogP contribution in [0.1, 0.15) is 18.7 Å². The number of hydrogen-bond acceptors (Lipinski definition) is 4. The van der Waals surface area contributed by atoms with E-state index >= 15 is 0 Å². The van der Waals surface area contributed by atoms with Crippen LogP contribution < -0.4 is 11.1 Å². The number of fused-ring (bicyclic) bond motifs is 1. The van der Waals surface area contributed by atoms with Crippen molar-refractivity contribution in [2.24, 2.45) is 5.73 Å². The van der Waals surface area contributed by atoms with Crippen molar-refractivity contribution in [3.8, 4) is 0 Å². The molecule has 0 unspecified atom stereocenters. The van der Waals surface area contributed by atoms with Gasteiger partial charge in [0, 0.05) is 31.2 Å². The van der Waals surface area contributed by atoms with Crippen LogP contribution in [0, 0.1) is 0 Å². The molecular formula is C12H17N5. The van der Waals surface area contributed by atoms with Gasteiger partial charge in [0.2, 0.25) is 0 Å². The van der Waals surface area contributed by atoms with Crippen LogP contribution in [0.2, 0.25) is 0 Å². The minimum absolute atomic E-state index is 0.404. The summed E-state index contributed by atoms with van der Waals surface area (Å²) in [5.74, 6) is 1.01. The Kier molecular flexibility index (Phi) is 2.78. The van der Waals surface area contributed by atoms with E-state index in [2.05, 4.69) is 15.5 Å². The number of pyridine rings is 1. The van der Waals surface area contributed by atoms with Crippen LogP contribution in [-0.4, -0.2) is 33.2 Å². The molecule has 3 rings (SSSR count). The number of rotatable bonds is 4. The molecule has 0 bridgehead atoms. The smallest absolute Gasteiger partial charge is 0.160 e. The molecule has 1 saturated carbocycles. The Hall–Kier alpha value is -1.46. The third-order valence-electron chi connectivity index (χ3n) is 3.34. The third kappa shape index (κ3) is 2.16. The Bertz CT molecular complexity index is 500. The quantitative estimate of drug-likeness (QED) is 0.796. The second-order valence-corrected chi connectivity index (χ2v) is 4.68. The lowest BCUT2D eigenvalue weighted by Crippen LogP contribution is -2.48. The van der Waals surface area contributed by atoms with Gasteiger partial charge >= 0.3 is 0 Å². The maximum absolute atomic E-state index is 5.74. The Morgan fingerprint density at radius 2 is 2.24 bits per heavy atom. The standard InChI is InChI=1S/C12H17N5/c13-9-7-10(8-9)14-5-4-12-16-15-11-3-1-2-6-17(11)12/h1-3,6,9-10,14H,4-5,7-8,13H2. The fraction of sp³-hybridized carbons (Fsp3) is 0.500. The SMILES string of the molecule is NC1CC(NCCc2nnc3ccccn23)C1. The Labute approximate surface area is 100 Å². The Morgan fingerprint density at radius 1 is 1.35 bits per heavy atom. The molecule has 0 saturated heterocycles. The molecule has 0 radical (unpaired) electrons. The highest BCUT2D eigenvalue weighted by Crippen LogP contribution is 2.17. The van der Waals surface area contributed by atoms with E-state index in [0.29, 0.717) is 12.1 Å². The van der Waals surface area contributed by atoms with Crippen molar-refractivity contribution in [1.82, 2.24) is 19.9 Å². The van der Waals surface area contributed by atoms with Gasteiger partial charge in [-0.3, -0.25) is 4.40 Å². The normalized spacial score (nSPS) is 23.8. The molecule has 1 aliphatic rings. The van der Waals surface area contributed by atoms with Crippen LogP contribution in [0.5, 0.6) is 0 Å². The fourth-order valence-corrected chi connectivity index (χ4v) is 2.28. The van der Waals surface area contributed by atoms with E-state index in [4.69, 9.17) is 5.73 Å². The molecule has 5 nitrogen and oxygen atoms in total. The molecule has 2 aromatic heterocycles. The maximum Gasteiger partial charge on any atom is 0.160 e. The number of nitrogens with zero attached hydrogens (tertiary/aromatic N) is 3. The minimum atomic E-state index is 0.404. The number of nitrogens with one attached hydrogen (secondary N) is 1. The first kappa shape index (κ1) is 10.7. The second kappa shape index (κ2) is 4.43. The van der Waals surface area contributed by atoms with E-state index in [1.54, 1.807) is 0 Å². The van der Waals surface area contributed by atoms with Crippen LogP contribution in [-0.2, 0) is 6.42 Å². The summed E-state index contributed by atoms with van der Waals surface area (Å²) in [6, 6.07) is 6.94. The second-order valence-electron chi connectivity index (χ2n) is 4.68. The molecule has 1 fully saturated rings. The predicted octanol–water partition coefficient (Wildman–Crippen LogP) is 0.351. The van der Waals surface area contributed by atoms with E-state index in [1.807, 2.05) is 28.8 Å². The van der Waals surface area contributed by atoms with Crippen LogP contribution >= 0.6 is 0 Å². The largest absolute Gasteiger partial charge is 0.328 e. The van der Waals surface area contributed by atoms with Crippen molar-refractivity contribution in [2.45, 2.75) is 31.3 Å². The summed E-state index contributed by atoms with van der Waals surface area (Å²) in [5.41, 5.74) is 6.65. The zero-order chi connectivity index (χ0) is 11.7. The number of hydrogen-bond donors (Lipinski definition) is 2. The monoisotopic (exact) mass is 231 g/mol. The van der Waals surface area contributed by atoms with Crippen molar-refractivity contribution in [1.29, 1.82) is 0 Å². The molecule has 0 atom stereocenters. The van der Waals surface area contributed by atoms with Crippen LogP contribution in [0.4, 0.5) is 0 Å². The van der Waals surface area contributed by atoms with Gasteiger partial charge < -0.3 is 11.1 Å². The number of aromatic nitrogens is 3. The summed E-state index contributed by atoms with van der Waals surface area (Å²) in [4.78, 5) is 0. The van der Waals surface area contributed by atoms with Gasteiger partial charge in [0.05, 0.1) is 0 Å². The molecule has 1 aliphatic carbocycles. The van der Waals surface area contributed by atoms with E-state index in [9.17, 15) is 0 Å². The van der Waals surface area contributed by atoms with Crippen LogP contribution in [0.15, 0.2) is 24.4 Å². The van der Waals surface area contributed by atoms with Gasteiger partial charge in [0.15, 0.2) is 5.65 Å². The minimum Gasteiger partial charge on any atom is -0.328 e. The molecular weight excluding hydrogens is 214 g/mol. The summed E-state index contributed by atoms with van der Waals surface area (Å²) < 4.78 is 2.04. The Morgan fingerprint density at radius 3 is 3.06 bits per heavy atom. The lowest BCUT2D eigenvalue weighted by atomic mass is 9.88. The van der Waals surface area contributed by atoms with Crippen molar-refractivity contribution in [2.75, 3.05) is 6.54 Å². The van der Waals surface area contributed by atoms with Gasteiger partial charge in [0.1, 0.15) is 5.82 Å². The van der Waals surface area contributed by atoms with Gasteiger partial charge in [0.25, 0.3) is 0 Å². The highest BCUT2D eigenvalue weighted by molar-refractivity contribution is 5.36. The first-order valence-electron chi connectivity index (χ1n) is 6.10. The summed E-state index contributed by atoms with van der Waals surface area (Å²) in [7, 11) is 0. The van der Waals surface area contributed by atoms with Crippen molar-refractivity contribution >= 4 is 5.65 Å². The van der Waals surface area contributed by atoms with Crippen LogP contribution in [0.3, 0.4) is 0 Å². The summed E-state index contributed by atoms with van der Waals surface area (Å²) in [6.07, 6.45) is 5.10. The Balaban J connectivity index is 1.58.